The molecule has 5 aromatic rings. The summed E-state index contributed by atoms with van der Waals surface area (Å²) < 4.78 is 20.1. The lowest BCUT2D eigenvalue weighted by molar-refractivity contribution is -0.138. The monoisotopic (exact) mass is 963 g/mol. The highest BCUT2D eigenvalue weighted by molar-refractivity contribution is 9.10. The molecule has 4 fully saturated rings. The number of fused-ring (bicyclic) bond motifs is 1. The van der Waals surface area contributed by atoms with Crippen molar-refractivity contribution in [3.05, 3.63) is 82.7 Å². The predicted molar refractivity (Wildman–Crippen MR) is 258 cm³/mol. The van der Waals surface area contributed by atoms with Gasteiger partial charge in [0.25, 0.3) is 0 Å². The molecule has 4 aliphatic rings. The van der Waals surface area contributed by atoms with E-state index in [1.807, 2.05) is 36.4 Å². The van der Waals surface area contributed by atoms with Gasteiger partial charge in [-0.3, -0.25) is 34.6 Å². The fourth-order valence-corrected chi connectivity index (χ4v) is 11.4. The summed E-state index contributed by atoms with van der Waals surface area (Å²) in [4.78, 5) is 65.0. The number of imide groups is 1. The zero-order valence-electron chi connectivity index (χ0n) is 37.2. The Kier molecular flexibility index (Phi) is 12.8. The van der Waals surface area contributed by atoms with Crippen molar-refractivity contribution in [2.75, 3.05) is 93.2 Å². The number of aryl methyl sites for hydroxylation is 1. The summed E-state index contributed by atoms with van der Waals surface area (Å²) in [6, 6.07) is 16.4. The number of nitrogens with zero attached hydrogens (tertiary/aromatic N) is 8. The second-order valence-electron chi connectivity index (χ2n) is 17.7. The summed E-state index contributed by atoms with van der Waals surface area (Å²) in [5.74, 6) is 1.06. The van der Waals surface area contributed by atoms with E-state index in [2.05, 4.69) is 85.5 Å². The van der Waals surface area contributed by atoms with E-state index >= 15 is 0 Å². The van der Waals surface area contributed by atoms with E-state index in [-0.39, 0.29) is 29.6 Å². The number of piperazine rings is 1. The third-order valence-corrected chi connectivity index (χ3v) is 15.4. The van der Waals surface area contributed by atoms with Crippen LogP contribution in [0.2, 0.25) is 0 Å². The van der Waals surface area contributed by atoms with E-state index < -0.39 is 7.14 Å². The number of hydrogen-bond donors (Lipinski definition) is 3. The van der Waals surface area contributed by atoms with Crippen LogP contribution in [0.3, 0.4) is 0 Å². The Morgan fingerprint density at radius 1 is 0.892 bits per heavy atom. The molecule has 0 bridgehead atoms. The third kappa shape index (κ3) is 9.41. The van der Waals surface area contributed by atoms with Crippen LogP contribution in [0, 0.1) is 5.92 Å². The molecule has 18 heteroatoms. The van der Waals surface area contributed by atoms with Crippen LogP contribution in [-0.2, 0) is 25.4 Å². The van der Waals surface area contributed by atoms with Gasteiger partial charge >= 0.3 is 0 Å². The first-order chi connectivity index (χ1) is 31.4. The number of carbonyl (C=O) groups is 3. The third-order valence-electron chi connectivity index (χ3n) is 13.3. The zero-order chi connectivity index (χ0) is 45.4. The predicted octanol–water partition coefficient (Wildman–Crippen LogP) is 6.26. The van der Waals surface area contributed by atoms with Gasteiger partial charge in [-0.2, -0.15) is 4.98 Å². The standard InChI is InChI=1S/C47H55BrN11O5P/c1-5-29-24-38(53-47-51-26-35(48)44(55-47)52-37-12-11-36-42(50-17-16-49-36)43(37)65(3,4)63)40(64-2)25-39(29)57-18-14-33(15-19-57)56-20-22-58(23-21-56)46(62)31-27-59(28-31)32-8-6-30(7-9-32)34-10-13-41(60)54-45(34)61/h6-9,11-12,16-17,24-26,31,33-34H,5,10,13-15,18-23,27-28H2,1-4H3,(H,54,60,61)(H2,51,52,53,55). The van der Waals surface area contributed by atoms with Crippen LogP contribution < -0.4 is 35.8 Å². The normalized spacial score (nSPS) is 19.0. The van der Waals surface area contributed by atoms with E-state index in [1.54, 1.807) is 39.0 Å². The highest BCUT2D eigenvalue weighted by atomic mass is 79.9. The molecule has 65 heavy (non-hydrogen) atoms. The summed E-state index contributed by atoms with van der Waals surface area (Å²) in [6.07, 6.45) is 8.71. The van der Waals surface area contributed by atoms with Crippen molar-refractivity contribution >= 4 is 91.6 Å². The van der Waals surface area contributed by atoms with Crippen LogP contribution in [0.1, 0.15) is 49.7 Å². The Morgan fingerprint density at radius 3 is 2.32 bits per heavy atom. The van der Waals surface area contributed by atoms with Crippen molar-refractivity contribution in [3.63, 3.8) is 0 Å². The quantitative estimate of drug-likeness (QED) is 0.0943. The van der Waals surface area contributed by atoms with Crippen LogP contribution >= 0.6 is 23.1 Å². The number of carbonyl (C=O) groups excluding carboxylic acids is 3. The summed E-state index contributed by atoms with van der Waals surface area (Å²) in [7, 11) is -1.11. The second kappa shape index (κ2) is 18.7. The lowest BCUT2D eigenvalue weighted by Gasteiger charge is -2.46. The molecule has 1 unspecified atom stereocenters. The molecule has 340 valence electrons. The number of methoxy groups -OCH3 is 1. The van der Waals surface area contributed by atoms with Crippen molar-refractivity contribution in [2.45, 2.75) is 51.0 Å². The van der Waals surface area contributed by atoms with E-state index in [1.165, 1.54) is 5.56 Å². The first-order valence-electron chi connectivity index (χ1n) is 22.4. The fraction of sp³-hybridized carbons (Fsp3) is 0.426. The molecule has 4 aliphatic heterocycles. The lowest BCUT2D eigenvalue weighted by Crippen LogP contribution is -2.59. The van der Waals surface area contributed by atoms with Crippen LogP contribution in [0.25, 0.3) is 11.0 Å². The molecule has 0 aliphatic carbocycles. The second-order valence-corrected chi connectivity index (χ2v) is 21.7. The molecule has 0 radical (unpaired) electrons. The smallest absolute Gasteiger partial charge is 0.234 e. The summed E-state index contributed by atoms with van der Waals surface area (Å²) in [6.45, 7) is 12.1. The van der Waals surface area contributed by atoms with Gasteiger partial charge < -0.3 is 34.6 Å². The van der Waals surface area contributed by atoms with Crippen molar-refractivity contribution in [3.8, 4) is 5.75 Å². The van der Waals surface area contributed by atoms with E-state index in [0.29, 0.717) is 76.0 Å². The van der Waals surface area contributed by atoms with E-state index in [4.69, 9.17) is 9.72 Å². The van der Waals surface area contributed by atoms with Gasteiger partial charge in [0, 0.05) is 101 Å². The Balaban J connectivity index is 0.780. The van der Waals surface area contributed by atoms with Crippen LogP contribution in [0.4, 0.5) is 34.5 Å². The van der Waals surface area contributed by atoms with Crippen molar-refractivity contribution < 1.29 is 23.7 Å². The number of halogens is 1. The number of nitrogens with one attached hydrogen (secondary N) is 3. The molecule has 2 aromatic heterocycles. The molecule has 4 saturated heterocycles. The summed E-state index contributed by atoms with van der Waals surface area (Å²) >= 11 is 3.60. The topological polar surface area (TPSA) is 178 Å². The first-order valence-corrected chi connectivity index (χ1v) is 25.8. The molecule has 3 amide bonds. The first kappa shape index (κ1) is 44.6. The van der Waals surface area contributed by atoms with Gasteiger partial charge in [0.2, 0.25) is 23.7 Å². The number of rotatable bonds is 12. The van der Waals surface area contributed by atoms with Crippen molar-refractivity contribution in [1.29, 1.82) is 0 Å². The Morgan fingerprint density at radius 2 is 1.63 bits per heavy atom. The molecule has 9 rings (SSSR count). The van der Waals surface area contributed by atoms with Gasteiger partial charge in [-0.1, -0.05) is 19.1 Å². The average molecular weight is 965 g/mol. The maximum absolute atomic E-state index is 13.5. The number of benzene rings is 3. The Hall–Kier alpha value is -5.64. The SMILES string of the molecule is CCc1cc(Nc2ncc(Br)c(Nc3ccc4nccnc4c3P(C)(C)=O)n2)c(OC)cc1N1CCC(N2CCN(C(=O)C3CN(c4ccc(C5CCC(=O)NC5=O)cc4)C3)CC2)CC1. The van der Waals surface area contributed by atoms with E-state index in [0.717, 1.165) is 81.2 Å². The molecular weight excluding hydrogens is 909 g/mol. The number of amides is 3. The maximum Gasteiger partial charge on any atom is 0.234 e. The molecular formula is C47H55BrN11O5P. The minimum absolute atomic E-state index is 0.00681. The highest BCUT2D eigenvalue weighted by Crippen LogP contribution is 2.42. The van der Waals surface area contributed by atoms with Gasteiger partial charge in [-0.05, 0) is 96.4 Å². The minimum Gasteiger partial charge on any atom is -0.494 e. The zero-order valence-corrected chi connectivity index (χ0v) is 39.7. The molecule has 0 spiro atoms. The largest absolute Gasteiger partial charge is 0.494 e. The number of ether oxygens (including phenoxy) is 1. The molecule has 16 nitrogen and oxygen atoms in total. The molecule has 3 aromatic carbocycles. The van der Waals surface area contributed by atoms with Crippen LogP contribution in [0.15, 0.2) is 71.6 Å². The molecule has 1 atom stereocenters. The lowest BCUT2D eigenvalue weighted by atomic mass is 9.90. The van der Waals surface area contributed by atoms with Gasteiger partial charge in [0.1, 0.15) is 24.2 Å². The number of piperidine rings is 2. The molecule has 6 heterocycles. The maximum atomic E-state index is 13.5. The summed E-state index contributed by atoms with van der Waals surface area (Å²) in [5.41, 5.74) is 6.98. The Labute approximate surface area is 387 Å². The van der Waals surface area contributed by atoms with Crippen molar-refractivity contribution in [2.24, 2.45) is 5.92 Å². The Bertz CT molecular complexity index is 2660. The van der Waals surface area contributed by atoms with Crippen LogP contribution in [-0.4, -0.2) is 126 Å². The number of hydrogen-bond acceptors (Lipinski definition) is 14. The minimum atomic E-state index is -2.78. The highest BCUT2D eigenvalue weighted by Gasteiger charge is 2.38. The summed E-state index contributed by atoms with van der Waals surface area (Å²) in [5, 5.41) is 9.82. The van der Waals surface area contributed by atoms with Gasteiger partial charge in [0.05, 0.1) is 45.6 Å². The molecule has 3 N–H and O–H groups in total. The van der Waals surface area contributed by atoms with Crippen molar-refractivity contribution in [1.82, 2.24) is 35.1 Å². The van der Waals surface area contributed by atoms with Gasteiger partial charge in [-0.25, -0.2) is 4.98 Å². The number of anilines is 6. The number of aromatic nitrogens is 4. The van der Waals surface area contributed by atoms with E-state index in [9.17, 15) is 18.9 Å². The van der Waals surface area contributed by atoms with Gasteiger partial charge in [-0.15, -0.1) is 0 Å². The fourth-order valence-electron chi connectivity index (χ4n) is 9.70. The average Bonchev–Trinajstić information content (AvgIpc) is 3.29. The van der Waals surface area contributed by atoms with Crippen LogP contribution in [0.5, 0.6) is 5.75 Å². The van der Waals surface area contributed by atoms with Gasteiger partial charge in [0.15, 0.2) is 0 Å². The molecule has 0 saturated carbocycles.